The van der Waals surface area contributed by atoms with E-state index in [1.165, 1.54) is 17.0 Å². The Hall–Kier alpha value is -2.25. The molecule has 2 N–H and O–H groups in total. The molecule has 1 saturated heterocycles. The van der Waals surface area contributed by atoms with Crippen molar-refractivity contribution in [3.05, 3.63) is 58.6 Å². The minimum absolute atomic E-state index is 0.0569. The molecule has 27 heavy (non-hydrogen) atoms. The molecule has 0 saturated carbocycles. The van der Waals surface area contributed by atoms with Crippen molar-refractivity contribution in [1.82, 2.24) is 0 Å². The number of hydrogen-bond acceptors (Lipinski definition) is 2. The third kappa shape index (κ3) is 4.73. The summed E-state index contributed by atoms with van der Waals surface area (Å²) in [6.45, 7) is 3.56. The predicted octanol–water partition coefficient (Wildman–Crippen LogP) is 2.95. The summed E-state index contributed by atoms with van der Waals surface area (Å²) in [4.78, 5) is 16.1. The first-order valence-corrected chi connectivity index (χ1v) is 8.96. The molecule has 0 bridgehead atoms. The predicted molar refractivity (Wildman–Crippen MR) is 99.7 cm³/mol. The molecule has 0 aromatic heterocycles. The molecule has 0 spiro atoms. The summed E-state index contributed by atoms with van der Waals surface area (Å²) in [6.07, 6.45) is -4.50. The van der Waals surface area contributed by atoms with Gasteiger partial charge in [-0.25, -0.2) is 0 Å². The third-order valence-corrected chi connectivity index (χ3v) is 4.85. The summed E-state index contributed by atoms with van der Waals surface area (Å²) in [5.41, 5.74) is 0.388. The second-order valence-corrected chi connectivity index (χ2v) is 7.07. The number of quaternary nitrogens is 1. The molecule has 144 valence electrons. The number of benzene rings is 2. The van der Waals surface area contributed by atoms with Crippen LogP contribution in [0.1, 0.15) is 15.9 Å². The van der Waals surface area contributed by atoms with Crippen LogP contribution in [0.3, 0.4) is 0 Å². The highest BCUT2D eigenvalue weighted by Crippen LogP contribution is 2.31. The Balaban J connectivity index is 1.85. The number of rotatable bonds is 3. The molecule has 4 nitrogen and oxygen atoms in total. The smallest absolute Gasteiger partial charge is 0.359 e. The molecule has 0 unspecified atom stereocenters. The Morgan fingerprint density at radius 3 is 2.52 bits per heavy atom. The van der Waals surface area contributed by atoms with Crippen LogP contribution in [0.5, 0.6) is 0 Å². The lowest BCUT2D eigenvalue weighted by Crippen LogP contribution is -3.12. The van der Waals surface area contributed by atoms with Crippen LogP contribution in [-0.2, 0) is 6.18 Å². The number of halogens is 4. The van der Waals surface area contributed by atoms with Crippen LogP contribution in [0.2, 0.25) is 5.02 Å². The van der Waals surface area contributed by atoms with Crippen LogP contribution in [-0.4, -0.2) is 39.1 Å². The number of anilines is 2. The van der Waals surface area contributed by atoms with Crippen molar-refractivity contribution in [3.8, 4) is 0 Å². The number of nitrogens with zero attached hydrogens (tertiary/aromatic N) is 1. The van der Waals surface area contributed by atoms with Crippen molar-refractivity contribution >= 4 is 28.9 Å². The van der Waals surface area contributed by atoms with Gasteiger partial charge in [0.05, 0.1) is 50.2 Å². The molecule has 2 aromatic carbocycles. The molecule has 3 rings (SSSR count). The van der Waals surface area contributed by atoms with E-state index >= 15 is 0 Å². The van der Waals surface area contributed by atoms with Crippen LogP contribution < -0.4 is 15.1 Å². The molecule has 8 heteroatoms. The molecule has 0 aliphatic carbocycles. The summed E-state index contributed by atoms with van der Waals surface area (Å²) >= 11 is 6.07. The van der Waals surface area contributed by atoms with Gasteiger partial charge in [0.2, 0.25) is 0 Å². The van der Waals surface area contributed by atoms with Gasteiger partial charge in [-0.05, 0) is 36.4 Å². The van der Waals surface area contributed by atoms with Gasteiger partial charge in [-0.3, -0.25) is 4.79 Å². The number of alkyl halides is 3. The second-order valence-electron chi connectivity index (χ2n) is 6.64. The van der Waals surface area contributed by atoms with E-state index in [2.05, 4.69) is 17.3 Å². The van der Waals surface area contributed by atoms with Crippen molar-refractivity contribution in [1.29, 1.82) is 0 Å². The van der Waals surface area contributed by atoms with Gasteiger partial charge in [-0.15, -0.1) is 0 Å². The van der Waals surface area contributed by atoms with Crippen molar-refractivity contribution in [3.63, 3.8) is 0 Å². The normalized spacial score (nSPS) is 15.7. The SMILES string of the molecule is C[NH+]1CCN(c2ccc(Cl)cc2NC(=O)c2cccc(C(F)(F)F)c2)CC1. The highest BCUT2D eigenvalue weighted by atomic mass is 35.5. The molecule has 1 aliphatic rings. The van der Waals surface area contributed by atoms with Crippen LogP contribution in [0.15, 0.2) is 42.5 Å². The molecule has 1 amide bonds. The molecule has 2 aromatic rings. The average Bonchev–Trinajstić information content (AvgIpc) is 2.62. The summed E-state index contributed by atoms with van der Waals surface area (Å²) in [7, 11) is 2.12. The first kappa shape index (κ1) is 19.5. The highest BCUT2D eigenvalue weighted by molar-refractivity contribution is 6.31. The van der Waals surface area contributed by atoms with Crippen molar-refractivity contribution in [2.75, 3.05) is 43.4 Å². The monoisotopic (exact) mass is 398 g/mol. The second kappa shape index (κ2) is 7.78. The highest BCUT2D eigenvalue weighted by Gasteiger charge is 2.31. The summed E-state index contributed by atoms with van der Waals surface area (Å²) in [5, 5.41) is 3.16. The Bertz CT molecular complexity index is 833. The lowest BCUT2D eigenvalue weighted by Gasteiger charge is -2.33. The van der Waals surface area contributed by atoms with Gasteiger partial charge < -0.3 is 15.1 Å². The fourth-order valence-corrected chi connectivity index (χ4v) is 3.22. The molecule has 1 heterocycles. The zero-order valence-electron chi connectivity index (χ0n) is 14.7. The van der Waals surface area contributed by atoms with E-state index in [-0.39, 0.29) is 5.56 Å². The summed E-state index contributed by atoms with van der Waals surface area (Å²) in [6, 6.07) is 9.54. The number of hydrogen-bond donors (Lipinski definition) is 2. The number of likely N-dealkylation sites (N-methyl/N-ethyl adjacent to an activating group) is 1. The minimum Gasteiger partial charge on any atom is -0.359 e. The molecule has 1 aliphatic heterocycles. The van der Waals surface area contributed by atoms with E-state index in [0.717, 1.165) is 44.0 Å². The zero-order valence-corrected chi connectivity index (χ0v) is 15.5. The molecular weight excluding hydrogens is 379 g/mol. The molecular formula is C19H20ClF3N3O+. The fraction of sp³-hybridized carbons (Fsp3) is 0.316. The molecule has 1 fully saturated rings. The summed E-state index contributed by atoms with van der Waals surface area (Å²) in [5.74, 6) is -0.607. The lowest BCUT2D eigenvalue weighted by molar-refractivity contribution is -0.880. The Kier molecular flexibility index (Phi) is 5.62. The van der Waals surface area contributed by atoms with Crippen LogP contribution in [0.25, 0.3) is 0 Å². The largest absolute Gasteiger partial charge is 0.416 e. The van der Waals surface area contributed by atoms with Gasteiger partial charge in [0, 0.05) is 10.6 Å². The van der Waals surface area contributed by atoms with Crippen molar-refractivity contribution in [2.24, 2.45) is 0 Å². The Morgan fingerprint density at radius 1 is 1.15 bits per heavy atom. The maximum Gasteiger partial charge on any atom is 0.416 e. The maximum absolute atomic E-state index is 12.9. The standard InChI is InChI=1S/C19H19ClF3N3O/c1-25-7-9-26(10-8-25)17-6-5-15(20)12-16(17)24-18(27)13-3-2-4-14(11-13)19(21,22)23/h2-6,11-12H,7-10H2,1H3,(H,24,27)/p+1. The first-order chi connectivity index (χ1) is 12.7. The van der Waals surface area contributed by atoms with Gasteiger partial charge in [0.15, 0.2) is 0 Å². The third-order valence-electron chi connectivity index (χ3n) is 4.62. The van der Waals surface area contributed by atoms with E-state index < -0.39 is 17.6 Å². The minimum atomic E-state index is -4.50. The molecule has 0 atom stereocenters. The number of amides is 1. The first-order valence-electron chi connectivity index (χ1n) is 8.58. The summed E-state index contributed by atoms with van der Waals surface area (Å²) < 4.78 is 38.7. The molecule has 0 radical (unpaired) electrons. The Morgan fingerprint density at radius 2 is 1.85 bits per heavy atom. The topological polar surface area (TPSA) is 36.8 Å². The van der Waals surface area contributed by atoms with Crippen LogP contribution in [0, 0.1) is 0 Å². The number of nitrogens with one attached hydrogen (secondary N) is 2. The fourth-order valence-electron chi connectivity index (χ4n) is 3.04. The average molecular weight is 399 g/mol. The van der Waals surface area contributed by atoms with E-state index in [1.54, 1.807) is 12.1 Å². The lowest BCUT2D eigenvalue weighted by atomic mass is 10.1. The van der Waals surface area contributed by atoms with Gasteiger partial charge in [0.25, 0.3) is 5.91 Å². The number of carbonyl (C=O) groups is 1. The van der Waals surface area contributed by atoms with Gasteiger partial charge in [-0.2, -0.15) is 13.2 Å². The number of piperazine rings is 1. The van der Waals surface area contributed by atoms with E-state index in [1.807, 2.05) is 6.07 Å². The van der Waals surface area contributed by atoms with E-state index in [9.17, 15) is 18.0 Å². The van der Waals surface area contributed by atoms with Crippen LogP contribution >= 0.6 is 11.6 Å². The maximum atomic E-state index is 12.9. The van der Waals surface area contributed by atoms with Crippen molar-refractivity contribution in [2.45, 2.75) is 6.18 Å². The van der Waals surface area contributed by atoms with E-state index in [0.29, 0.717) is 10.7 Å². The van der Waals surface area contributed by atoms with Gasteiger partial charge in [-0.1, -0.05) is 17.7 Å². The quantitative estimate of drug-likeness (QED) is 0.834. The van der Waals surface area contributed by atoms with Crippen molar-refractivity contribution < 1.29 is 22.9 Å². The number of carbonyl (C=O) groups excluding carboxylic acids is 1. The van der Waals surface area contributed by atoms with Gasteiger partial charge >= 0.3 is 6.18 Å². The zero-order chi connectivity index (χ0) is 19.6. The van der Waals surface area contributed by atoms with Crippen LogP contribution in [0.4, 0.5) is 24.5 Å². The Labute approximate surface area is 160 Å². The van der Waals surface area contributed by atoms with Gasteiger partial charge in [0.1, 0.15) is 0 Å². The van der Waals surface area contributed by atoms with E-state index in [4.69, 9.17) is 11.6 Å².